The van der Waals surface area contributed by atoms with Gasteiger partial charge in [0.05, 0.1) is 17.2 Å². The monoisotopic (exact) mass is 216 g/mol. The molecule has 0 atom stereocenters. The molecular weight excluding hydrogens is 207 g/mol. The van der Waals surface area contributed by atoms with Crippen LogP contribution in [0.5, 0.6) is 5.75 Å². The van der Waals surface area contributed by atoms with Crippen LogP contribution in [0.1, 0.15) is 24.2 Å². The van der Waals surface area contributed by atoms with Crippen LogP contribution in [0.2, 0.25) is 5.02 Å². The van der Waals surface area contributed by atoms with Gasteiger partial charge in [0.2, 0.25) is 0 Å². The first-order valence-electron chi connectivity index (χ1n) is 4.19. The molecule has 76 valence electrons. The normalized spacial score (nSPS) is 10.0. The minimum atomic E-state index is -0.688. The minimum Gasteiger partial charge on any atom is -0.491 e. The van der Waals surface area contributed by atoms with Gasteiger partial charge in [0.25, 0.3) is 0 Å². The first kappa shape index (κ1) is 11.0. The molecule has 0 heterocycles. The van der Waals surface area contributed by atoms with Gasteiger partial charge >= 0.3 is 0 Å². The lowest BCUT2D eigenvalue weighted by Crippen LogP contribution is -2.02. The Morgan fingerprint density at radius 1 is 1.57 bits per heavy atom. The van der Waals surface area contributed by atoms with E-state index in [0.717, 1.165) is 0 Å². The largest absolute Gasteiger partial charge is 0.491 e. The highest BCUT2D eigenvalue weighted by atomic mass is 35.5. The van der Waals surface area contributed by atoms with E-state index in [0.29, 0.717) is 6.61 Å². The Morgan fingerprint density at radius 2 is 2.21 bits per heavy atom. The highest BCUT2D eigenvalue weighted by Crippen LogP contribution is 2.27. The summed E-state index contributed by atoms with van der Waals surface area (Å²) in [7, 11) is 0. The SMILES string of the molecule is CCOc1ccc(Cl)c(C(C)=O)c1F. The first-order chi connectivity index (χ1) is 6.57. The number of halogens is 2. The number of hydrogen-bond donors (Lipinski definition) is 0. The smallest absolute Gasteiger partial charge is 0.177 e. The fourth-order valence-corrected chi connectivity index (χ4v) is 1.40. The number of benzene rings is 1. The van der Waals surface area contributed by atoms with Crippen molar-refractivity contribution >= 4 is 17.4 Å². The van der Waals surface area contributed by atoms with E-state index in [9.17, 15) is 9.18 Å². The zero-order valence-corrected chi connectivity index (χ0v) is 8.69. The number of carbonyl (C=O) groups is 1. The van der Waals surface area contributed by atoms with Crippen LogP contribution in [-0.2, 0) is 0 Å². The lowest BCUT2D eigenvalue weighted by Gasteiger charge is -2.08. The molecule has 0 bridgehead atoms. The molecule has 1 rings (SSSR count). The lowest BCUT2D eigenvalue weighted by atomic mass is 10.1. The van der Waals surface area contributed by atoms with Crippen LogP contribution in [0, 0.1) is 5.82 Å². The van der Waals surface area contributed by atoms with Crippen molar-refractivity contribution in [1.82, 2.24) is 0 Å². The van der Waals surface area contributed by atoms with Gasteiger partial charge in [0.1, 0.15) is 0 Å². The number of rotatable bonds is 3. The molecule has 0 aliphatic carbocycles. The highest BCUT2D eigenvalue weighted by Gasteiger charge is 2.16. The first-order valence-corrected chi connectivity index (χ1v) is 4.57. The fraction of sp³-hybridized carbons (Fsp3) is 0.300. The molecule has 0 aliphatic rings. The fourth-order valence-electron chi connectivity index (χ4n) is 1.12. The predicted octanol–water partition coefficient (Wildman–Crippen LogP) is 3.08. The Bertz CT molecular complexity index is 363. The van der Waals surface area contributed by atoms with Gasteiger partial charge in [-0.25, -0.2) is 4.39 Å². The third kappa shape index (κ3) is 2.04. The van der Waals surface area contributed by atoms with Gasteiger partial charge < -0.3 is 4.74 Å². The van der Waals surface area contributed by atoms with E-state index < -0.39 is 11.6 Å². The topological polar surface area (TPSA) is 26.3 Å². The number of Topliss-reactive ketones (excluding diaryl/α,β-unsaturated/α-hetero) is 1. The van der Waals surface area contributed by atoms with Crippen LogP contribution in [0.3, 0.4) is 0 Å². The van der Waals surface area contributed by atoms with Gasteiger partial charge in [-0.15, -0.1) is 0 Å². The van der Waals surface area contributed by atoms with Crippen LogP contribution in [0.4, 0.5) is 4.39 Å². The molecule has 2 nitrogen and oxygen atoms in total. The van der Waals surface area contributed by atoms with E-state index in [1.165, 1.54) is 19.1 Å². The summed E-state index contributed by atoms with van der Waals surface area (Å²) in [5, 5.41) is 0.110. The average Bonchev–Trinajstić information content (AvgIpc) is 2.10. The average molecular weight is 217 g/mol. The van der Waals surface area contributed by atoms with E-state index in [-0.39, 0.29) is 16.3 Å². The van der Waals surface area contributed by atoms with E-state index in [2.05, 4.69) is 0 Å². The summed E-state index contributed by atoms with van der Waals surface area (Å²) in [5.74, 6) is -1.04. The second-order valence-corrected chi connectivity index (χ2v) is 3.13. The molecule has 0 spiro atoms. The van der Waals surface area contributed by atoms with Crippen molar-refractivity contribution in [2.45, 2.75) is 13.8 Å². The standard InChI is InChI=1S/C10H10ClFO2/c1-3-14-8-5-4-7(11)9(6(2)13)10(8)12/h4-5H,3H2,1-2H3. The molecule has 0 radical (unpaired) electrons. The Morgan fingerprint density at radius 3 is 2.71 bits per heavy atom. The maximum Gasteiger partial charge on any atom is 0.177 e. The molecular formula is C10H10ClFO2. The van der Waals surface area contributed by atoms with Crippen LogP contribution >= 0.6 is 11.6 Å². The molecule has 1 aromatic carbocycles. The molecule has 0 fully saturated rings. The highest BCUT2D eigenvalue weighted by molar-refractivity contribution is 6.33. The Hall–Kier alpha value is -1.09. The summed E-state index contributed by atoms with van der Waals surface area (Å²) in [6.45, 7) is 3.34. The number of ether oxygens (including phenoxy) is 1. The molecule has 0 saturated heterocycles. The van der Waals surface area contributed by atoms with Crippen molar-refractivity contribution in [2.24, 2.45) is 0 Å². The molecule has 14 heavy (non-hydrogen) atoms. The Kier molecular flexibility index (Phi) is 3.47. The van der Waals surface area contributed by atoms with Crippen molar-refractivity contribution in [3.63, 3.8) is 0 Å². The molecule has 0 amide bonds. The third-order valence-electron chi connectivity index (χ3n) is 1.71. The van der Waals surface area contributed by atoms with Crippen molar-refractivity contribution in [3.8, 4) is 5.75 Å². The van der Waals surface area contributed by atoms with Crippen molar-refractivity contribution in [3.05, 3.63) is 28.5 Å². The second-order valence-electron chi connectivity index (χ2n) is 2.72. The van der Waals surface area contributed by atoms with E-state index >= 15 is 0 Å². The zero-order valence-electron chi connectivity index (χ0n) is 7.93. The zero-order chi connectivity index (χ0) is 10.7. The molecule has 0 N–H and O–H groups in total. The maximum absolute atomic E-state index is 13.5. The van der Waals surface area contributed by atoms with Crippen molar-refractivity contribution in [1.29, 1.82) is 0 Å². The lowest BCUT2D eigenvalue weighted by molar-refractivity contribution is 0.101. The number of hydrogen-bond acceptors (Lipinski definition) is 2. The van der Waals surface area contributed by atoms with Crippen LogP contribution in [-0.4, -0.2) is 12.4 Å². The molecule has 1 aromatic rings. The van der Waals surface area contributed by atoms with E-state index in [4.69, 9.17) is 16.3 Å². The minimum absolute atomic E-state index is 0.0575. The molecule has 0 saturated carbocycles. The van der Waals surface area contributed by atoms with Gasteiger partial charge in [-0.1, -0.05) is 11.6 Å². The van der Waals surface area contributed by atoms with Gasteiger partial charge in [-0.3, -0.25) is 4.79 Å². The van der Waals surface area contributed by atoms with Crippen LogP contribution in [0.15, 0.2) is 12.1 Å². The Labute approximate surface area is 86.6 Å². The Balaban J connectivity index is 3.26. The molecule has 4 heteroatoms. The van der Waals surface area contributed by atoms with Crippen molar-refractivity contribution < 1.29 is 13.9 Å². The van der Waals surface area contributed by atoms with E-state index in [1.807, 2.05) is 0 Å². The van der Waals surface area contributed by atoms with Crippen LogP contribution < -0.4 is 4.74 Å². The predicted molar refractivity (Wildman–Crippen MR) is 52.6 cm³/mol. The second kappa shape index (κ2) is 4.42. The molecule has 0 aromatic heterocycles. The molecule has 0 unspecified atom stereocenters. The van der Waals surface area contributed by atoms with Gasteiger partial charge in [-0.2, -0.15) is 0 Å². The van der Waals surface area contributed by atoms with Gasteiger partial charge in [0.15, 0.2) is 17.3 Å². The number of carbonyl (C=O) groups excluding carboxylic acids is 1. The summed E-state index contributed by atoms with van der Waals surface area (Å²) in [4.78, 5) is 11.1. The van der Waals surface area contributed by atoms with E-state index in [1.54, 1.807) is 6.92 Å². The maximum atomic E-state index is 13.5. The summed E-state index contributed by atoms with van der Waals surface area (Å²) < 4.78 is 18.5. The summed E-state index contributed by atoms with van der Waals surface area (Å²) in [6, 6.07) is 2.86. The van der Waals surface area contributed by atoms with Gasteiger partial charge in [0, 0.05) is 0 Å². The van der Waals surface area contributed by atoms with Gasteiger partial charge in [-0.05, 0) is 26.0 Å². The van der Waals surface area contributed by atoms with Crippen molar-refractivity contribution in [2.75, 3.05) is 6.61 Å². The number of ketones is 1. The molecule has 0 aliphatic heterocycles. The third-order valence-corrected chi connectivity index (χ3v) is 2.02. The quantitative estimate of drug-likeness (QED) is 0.726. The summed E-state index contributed by atoms with van der Waals surface area (Å²) in [6.07, 6.45) is 0. The summed E-state index contributed by atoms with van der Waals surface area (Å²) >= 11 is 5.68. The summed E-state index contributed by atoms with van der Waals surface area (Å²) in [5.41, 5.74) is -0.113. The van der Waals surface area contributed by atoms with Crippen LogP contribution in [0.25, 0.3) is 0 Å².